The number of benzene rings is 2. The Morgan fingerprint density at radius 3 is 2.09 bits per heavy atom. The van der Waals surface area contributed by atoms with Crippen LogP contribution >= 0.6 is 22.5 Å². The van der Waals surface area contributed by atoms with Gasteiger partial charge in [-0.05, 0) is 55.7 Å². The summed E-state index contributed by atoms with van der Waals surface area (Å²) in [7, 11) is -9.06. The Hall–Kier alpha value is -2.46. The third kappa shape index (κ3) is 4.66. The van der Waals surface area contributed by atoms with Gasteiger partial charge in [-0.25, -0.2) is 9.18 Å². The molecule has 3 rings (SSSR count). The SMILES string of the molecule is Cc1cc(C)c(-c2c(O)cc(CCS(F)(F)(F)(F)c3ccc(S)cc3F)oc2=O)c(C)c1. The van der Waals surface area contributed by atoms with Crippen molar-refractivity contribution in [3.63, 3.8) is 0 Å². The Kier molecular flexibility index (Phi) is 5.50. The van der Waals surface area contributed by atoms with Crippen molar-refractivity contribution in [2.75, 3.05) is 5.75 Å². The summed E-state index contributed by atoms with van der Waals surface area (Å²) in [6.45, 7) is 5.29. The maximum absolute atomic E-state index is 14.6. The molecule has 0 spiro atoms. The molecular weight excluding hydrogens is 471 g/mol. The van der Waals surface area contributed by atoms with Gasteiger partial charge in [-0.3, -0.25) is 0 Å². The minimum Gasteiger partial charge on any atom is -0.507 e. The largest absolute Gasteiger partial charge is 0.507 e. The van der Waals surface area contributed by atoms with Gasteiger partial charge < -0.3 is 9.52 Å². The second kappa shape index (κ2) is 7.28. The summed E-state index contributed by atoms with van der Waals surface area (Å²) in [4.78, 5) is 10.4. The molecular formula is C22H21F5O3S2. The first-order chi connectivity index (χ1) is 14.5. The van der Waals surface area contributed by atoms with Crippen molar-refractivity contribution in [3.05, 3.63) is 75.1 Å². The molecule has 3 nitrogen and oxygen atoms in total. The topological polar surface area (TPSA) is 50.4 Å². The van der Waals surface area contributed by atoms with E-state index in [4.69, 9.17) is 4.42 Å². The predicted octanol–water partition coefficient (Wildman–Crippen LogP) is 7.38. The van der Waals surface area contributed by atoms with Crippen molar-refractivity contribution in [3.8, 4) is 16.9 Å². The van der Waals surface area contributed by atoms with E-state index in [1.807, 2.05) is 6.92 Å². The van der Waals surface area contributed by atoms with Crippen molar-refractivity contribution in [1.82, 2.24) is 0 Å². The van der Waals surface area contributed by atoms with Crippen LogP contribution in [0.15, 0.2) is 55.4 Å². The number of aryl methyl sites for hydroxylation is 4. The molecule has 0 amide bonds. The third-order valence-corrected chi connectivity index (χ3v) is 7.68. The number of halogens is 5. The van der Waals surface area contributed by atoms with Gasteiger partial charge in [0.25, 0.3) is 0 Å². The number of thiol groups is 1. The second-order valence-corrected chi connectivity index (χ2v) is 11.7. The highest BCUT2D eigenvalue weighted by Crippen LogP contribution is 3.00. The predicted molar refractivity (Wildman–Crippen MR) is 119 cm³/mol. The molecule has 10 heteroatoms. The van der Waals surface area contributed by atoms with Gasteiger partial charge in [-0.15, -0.1) is 28.2 Å². The quantitative estimate of drug-likeness (QED) is 0.289. The van der Waals surface area contributed by atoms with Crippen LogP contribution in [-0.4, -0.2) is 10.9 Å². The first-order valence-electron chi connectivity index (χ1n) is 9.43. The van der Waals surface area contributed by atoms with Gasteiger partial charge in [0.2, 0.25) is 0 Å². The Morgan fingerprint density at radius 1 is 0.969 bits per heavy atom. The van der Waals surface area contributed by atoms with E-state index in [2.05, 4.69) is 12.6 Å². The highest BCUT2D eigenvalue weighted by Gasteiger charge is 2.65. The molecule has 0 atom stereocenters. The van der Waals surface area contributed by atoms with Crippen molar-refractivity contribution < 1.29 is 29.5 Å². The van der Waals surface area contributed by atoms with Crippen LogP contribution in [-0.2, 0) is 6.42 Å². The lowest BCUT2D eigenvalue weighted by Crippen LogP contribution is -2.22. The van der Waals surface area contributed by atoms with Crippen molar-refractivity contribution in [2.24, 2.45) is 0 Å². The van der Waals surface area contributed by atoms with Crippen LogP contribution in [0.2, 0.25) is 0 Å². The molecule has 0 fully saturated rings. The normalized spacial score (nSPS) is 14.2. The Labute approximate surface area is 186 Å². The molecule has 174 valence electrons. The van der Waals surface area contributed by atoms with E-state index in [9.17, 15) is 29.8 Å². The fourth-order valence-corrected chi connectivity index (χ4v) is 5.61. The lowest BCUT2D eigenvalue weighted by molar-refractivity contribution is 0.409. The zero-order valence-corrected chi connectivity index (χ0v) is 19.1. The number of rotatable bonds is 5. The number of hydrogen-bond acceptors (Lipinski definition) is 4. The monoisotopic (exact) mass is 492 g/mol. The van der Waals surface area contributed by atoms with E-state index in [-0.39, 0.29) is 10.5 Å². The summed E-state index contributed by atoms with van der Waals surface area (Å²) in [5.74, 6) is -5.01. The van der Waals surface area contributed by atoms with E-state index >= 15 is 0 Å². The minimum atomic E-state index is -9.06. The van der Waals surface area contributed by atoms with Gasteiger partial charge in [0.15, 0.2) is 9.84 Å². The van der Waals surface area contributed by atoms with Crippen LogP contribution in [0.4, 0.5) is 19.9 Å². The molecule has 0 aliphatic carbocycles. The molecule has 3 aromatic rings. The maximum atomic E-state index is 14.6. The minimum absolute atomic E-state index is 0.0900. The summed E-state index contributed by atoms with van der Waals surface area (Å²) < 4.78 is 77.5. The van der Waals surface area contributed by atoms with Gasteiger partial charge in [0.05, 0.1) is 5.75 Å². The summed E-state index contributed by atoms with van der Waals surface area (Å²) in [6.07, 6.45) is -1.10. The maximum Gasteiger partial charge on any atom is 0.347 e. The number of aromatic hydroxyl groups is 1. The van der Waals surface area contributed by atoms with Crippen molar-refractivity contribution in [1.29, 1.82) is 0 Å². The van der Waals surface area contributed by atoms with Crippen molar-refractivity contribution >= 4 is 22.5 Å². The van der Waals surface area contributed by atoms with E-state index in [1.54, 1.807) is 26.0 Å². The van der Waals surface area contributed by atoms with Crippen LogP contribution in [0, 0.1) is 26.6 Å². The summed E-state index contributed by atoms with van der Waals surface area (Å²) >= 11 is 3.75. The first kappa shape index (κ1) is 24.2. The van der Waals surface area contributed by atoms with E-state index in [0.717, 1.165) is 17.7 Å². The molecule has 1 aromatic heterocycles. The fourth-order valence-electron chi connectivity index (χ4n) is 3.73. The molecule has 0 saturated heterocycles. The lowest BCUT2D eigenvalue weighted by Gasteiger charge is -2.49. The molecule has 0 saturated carbocycles. The average molecular weight is 493 g/mol. The highest BCUT2D eigenvalue weighted by molar-refractivity contribution is 8.49. The molecule has 1 heterocycles. The molecule has 32 heavy (non-hydrogen) atoms. The van der Waals surface area contributed by atoms with E-state index < -0.39 is 49.9 Å². The Bertz CT molecular complexity index is 1270. The second-order valence-electron chi connectivity index (χ2n) is 7.84. The molecule has 2 aromatic carbocycles. The van der Waals surface area contributed by atoms with Gasteiger partial charge in [0, 0.05) is 17.4 Å². The van der Waals surface area contributed by atoms with E-state index in [1.165, 1.54) is 0 Å². The molecule has 0 aliphatic rings. The summed E-state index contributed by atoms with van der Waals surface area (Å²) in [5, 5.41) is 10.4. The molecule has 0 bridgehead atoms. The smallest absolute Gasteiger partial charge is 0.347 e. The van der Waals surface area contributed by atoms with Gasteiger partial charge in [-0.2, -0.15) is 0 Å². The van der Waals surface area contributed by atoms with Gasteiger partial charge >= 0.3 is 5.63 Å². The zero-order valence-electron chi connectivity index (χ0n) is 17.4. The summed E-state index contributed by atoms with van der Waals surface area (Å²) in [5.41, 5.74) is 1.43. The zero-order chi connectivity index (χ0) is 24.1. The van der Waals surface area contributed by atoms with Gasteiger partial charge in [-0.1, -0.05) is 17.7 Å². The number of hydrogen-bond donors (Lipinski definition) is 2. The third-order valence-electron chi connectivity index (χ3n) is 5.07. The van der Waals surface area contributed by atoms with Gasteiger partial charge in [0.1, 0.15) is 27.8 Å². The van der Waals surface area contributed by atoms with Crippen LogP contribution in [0.3, 0.4) is 0 Å². The first-order valence-corrected chi connectivity index (χ1v) is 12.1. The standard InChI is InChI=1S/C22H21F5O3S2/c1-12-8-13(2)20(14(3)9-12)21-18(28)10-15(30-22(21)29)6-7-32(24,25,26,27)19-5-4-16(31)11-17(19)23/h4-5,8-11,28,31H,6-7H2,1-3H3. The van der Waals surface area contributed by atoms with Crippen molar-refractivity contribution in [2.45, 2.75) is 37.0 Å². The van der Waals surface area contributed by atoms with E-state index in [0.29, 0.717) is 28.8 Å². The average Bonchev–Trinajstić information content (AvgIpc) is 2.60. The fraction of sp³-hybridized carbons (Fsp3) is 0.227. The molecule has 0 unspecified atom stereocenters. The Morgan fingerprint density at radius 2 is 1.56 bits per heavy atom. The molecule has 1 N–H and O–H groups in total. The van der Waals surface area contributed by atoms with Crippen LogP contribution in [0.5, 0.6) is 5.75 Å². The van der Waals surface area contributed by atoms with Crippen LogP contribution in [0.1, 0.15) is 22.5 Å². The molecule has 0 radical (unpaired) electrons. The summed E-state index contributed by atoms with van der Waals surface area (Å²) in [6, 6.07) is 6.04. The lowest BCUT2D eigenvalue weighted by atomic mass is 9.94. The highest BCUT2D eigenvalue weighted by atomic mass is 32.5. The molecule has 0 aliphatic heterocycles. The van der Waals surface area contributed by atoms with Crippen LogP contribution in [0.25, 0.3) is 11.1 Å². The Balaban J connectivity index is 2.01. The van der Waals surface area contributed by atoms with Crippen LogP contribution < -0.4 is 5.63 Å².